The Morgan fingerprint density at radius 3 is 2.00 bits per heavy atom. The van der Waals surface area contributed by atoms with Gasteiger partial charge >= 0.3 is 0 Å². The molecule has 0 unspecified atom stereocenters. The molecule has 0 radical (unpaired) electrons. The van der Waals surface area contributed by atoms with E-state index in [4.69, 9.17) is 4.74 Å². The van der Waals surface area contributed by atoms with Crippen molar-refractivity contribution in [3.63, 3.8) is 0 Å². The second-order valence-electron chi connectivity index (χ2n) is 5.67. The maximum Gasteiger partial charge on any atom is 0.132 e. The van der Waals surface area contributed by atoms with Gasteiger partial charge in [-0.3, -0.25) is 4.79 Å². The number of carbonyl (C=O) groups is 1. The molecule has 3 fully saturated rings. The van der Waals surface area contributed by atoms with E-state index in [1.807, 2.05) is 0 Å². The van der Waals surface area contributed by atoms with E-state index in [0.29, 0.717) is 11.2 Å². The summed E-state index contributed by atoms with van der Waals surface area (Å²) >= 11 is 0. The SMILES string of the molecule is O=C1CCC(C2(C3CCC3)COC2)CC1. The van der Waals surface area contributed by atoms with E-state index in [2.05, 4.69) is 0 Å². The first-order valence-electron chi connectivity index (χ1n) is 6.41. The molecule has 2 heteroatoms. The molecule has 2 saturated carbocycles. The van der Waals surface area contributed by atoms with Crippen molar-refractivity contribution in [1.29, 1.82) is 0 Å². The standard InChI is InChI=1S/C13H20O2/c14-12-6-4-11(5-7-12)13(8-15-9-13)10-2-1-3-10/h10-11H,1-9H2. The summed E-state index contributed by atoms with van der Waals surface area (Å²) in [6, 6.07) is 0. The van der Waals surface area contributed by atoms with Crippen LogP contribution in [0, 0.1) is 17.3 Å². The maximum atomic E-state index is 11.3. The van der Waals surface area contributed by atoms with Gasteiger partial charge in [0, 0.05) is 18.3 Å². The quantitative estimate of drug-likeness (QED) is 0.697. The van der Waals surface area contributed by atoms with Crippen molar-refractivity contribution in [3.8, 4) is 0 Å². The molecule has 3 rings (SSSR count). The van der Waals surface area contributed by atoms with Gasteiger partial charge in [0.2, 0.25) is 0 Å². The normalized spacial score (nSPS) is 32.1. The van der Waals surface area contributed by atoms with Crippen LogP contribution in [0.25, 0.3) is 0 Å². The first-order valence-corrected chi connectivity index (χ1v) is 6.41. The van der Waals surface area contributed by atoms with Gasteiger partial charge in [0.25, 0.3) is 0 Å². The molecular formula is C13H20O2. The number of ether oxygens (including phenoxy) is 1. The van der Waals surface area contributed by atoms with Gasteiger partial charge in [-0.1, -0.05) is 6.42 Å². The van der Waals surface area contributed by atoms with Gasteiger partial charge < -0.3 is 4.74 Å². The molecule has 2 aliphatic carbocycles. The van der Waals surface area contributed by atoms with Crippen LogP contribution >= 0.6 is 0 Å². The van der Waals surface area contributed by atoms with Gasteiger partial charge in [0.15, 0.2) is 0 Å². The third-order valence-electron chi connectivity index (χ3n) is 5.02. The summed E-state index contributed by atoms with van der Waals surface area (Å²) in [6.07, 6.45) is 8.18. The van der Waals surface area contributed by atoms with Crippen molar-refractivity contribution in [1.82, 2.24) is 0 Å². The molecule has 0 aromatic carbocycles. The van der Waals surface area contributed by atoms with Crippen molar-refractivity contribution >= 4 is 5.78 Å². The number of Topliss-reactive ketones (excluding diaryl/α,β-unsaturated/α-hetero) is 1. The van der Waals surface area contributed by atoms with Crippen molar-refractivity contribution in [3.05, 3.63) is 0 Å². The fourth-order valence-electron chi connectivity index (χ4n) is 3.64. The van der Waals surface area contributed by atoms with Crippen molar-refractivity contribution < 1.29 is 9.53 Å². The molecule has 1 heterocycles. The predicted molar refractivity (Wildman–Crippen MR) is 57.6 cm³/mol. The molecule has 1 aliphatic heterocycles. The topological polar surface area (TPSA) is 26.3 Å². The van der Waals surface area contributed by atoms with Crippen molar-refractivity contribution in [2.75, 3.05) is 13.2 Å². The Hall–Kier alpha value is -0.370. The molecule has 0 amide bonds. The first-order chi connectivity index (χ1) is 7.31. The highest BCUT2D eigenvalue weighted by atomic mass is 16.5. The minimum Gasteiger partial charge on any atom is -0.380 e. The van der Waals surface area contributed by atoms with Crippen LogP contribution in [0.4, 0.5) is 0 Å². The minimum absolute atomic E-state index is 0.482. The van der Waals surface area contributed by atoms with Crippen LogP contribution in [0.5, 0.6) is 0 Å². The molecular weight excluding hydrogens is 188 g/mol. The van der Waals surface area contributed by atoms with E-state index in [9.17, 15) is 4.79 Å². The second-order valence-corrected chi connectivity index (χ2v) is 5.67. The number of hydrogen-bond acceptors (Lipinski definition) is 2. The summed E-state index contributed by atoms with van der Waals surface area (Å²) in [6.45, 7) is 1.97. The zero-order valence-corrected chi connectivity index (χ0v) is 9.34. The summed E-state index contributed by atoms with van der Waals surface area (Å²) in [4.78, 5) is 11.3. The summed E-state index contributed by atoms with van der Waals surface area (Å²) in [5.74, 6) is 2.19. The van der Waals surface area contributed by atoms with Crippen LogP contribution < -0.4 is 0 Å². The molecule has 15 heavy (non-hydrogen) atoms. The third-order valence-corrected chi connectivity index (χ3v) is 5.02. The van der Waals surface area contributed by atoms with Crippen molar-refractivity contribution in [2.45, 2.75) is 44.9 Å². The highest BCUT2D eigenvalue weighted by Gasteiger charge is 2.52. The first kappa shape index (κ1) is 9.83. The average Bonchev–Trinajstić information content (AvgIpc) is 2.10. The molecule has 3 aliphatic rings. The predicted octanol–water partition coefficient (Wildman–Crippen LogP) is 2.56. The minimum atomic E-state index is 0.482. The molecule has 0 N–H and O–H groups in total. The smallest absolute Gasteiger partial charge is 0.132 e. The van der Waals surface area contributed by atoms with E-state index in [1.54, 1.807) is 0 Å². The van der Waals surface area contributed by atoms with Crippen LogP contribution in [0.15, 0.2) is 0 Å². The lowest BCUT2D eigenvalue weighted by Crippen LogP contribution is -2.56. The van der Waals surface area contributed by atoms with Crippen LogP contribution in [0.2, 0.25) is 0 Å². The number of rotatable bonds is 2. The van der Waals surface area contributed by atoms with Gasteiger partial charge in [0.05, 0.1) is 13.2 Å². The molecule has 1 saturated heterocycles. The lowest BCUT2D eigenvalue weighted by atomic mass is 9.55. The van der Waals surface area contributed by atoms with Gasteiger partial charge in [-0.15, -0.1) is 0 Å². The second kappa shape index (κ2) is 3.58. The Kier molecular flexibility index (Phi) is 2.35. The Morgan fingerprint density at radius 1 is 1.00 bits per heavy atom. The van der Waals surface area contributed by atoms with E-state index >= 15 is 0 Å². The molecule has 0 spiro atoms. The number of carbonyl (C=O) groups excluding carboxylic acids is 1. The van der Waals surface area contributed by atoms with Gasteiger partial charge in [-0.2, -0.15) is 0 Å². The zero-order valence-electron chi connectivity index (χ0n) is 9.34. The van der Waals surface area contributed by atoms with E-state index < -0.39 is 0 Å². The highest BCUT2D eigenvalue weighted by molar-refractivity contribution is 5.79. The third kappa shape index (κ3) is 1.45. The molecule has 0 aromatic rings. The fraction of sp³-hybridized carbons (Fsp3) is 0.923. The average molecular weight is 208 g/mol. The zero-order chi connectivity index (χ0) is 10.3. The summed E-state index contributed by atoms with van der Waals surface area (Å²) in [5.41, 5.74) is 0.499. The lowest BCUT2D eigenvalue weighted by molar-refractivity contribution is -0.199. The number of hydrogen-bond donors (Lipinski definition) is 0. The van der Waals surface area contributed by atoms with Crippen LogP contribution in [-0.2, 0) is 9.53 Å². The molecule has 0 bridgehead atoms. The van der Waals surface area contributed by atoms with Crippen molar-refractivity contribution in [2.24, 2.45) is 17.3 Å². The van der Waals surface area contributed by atoms with Crippen LogP contribution in [0.1, 0.15) is 44.9 Å². The summed E-state index contributed by atoms with van der Waals surface area (Å²) < 4.78 is 5.49. The van der Waals surface area contributed by atoms with Gasteiger partial charge in [-0.25, -0.2) is 0 Å². The maximum absolute atomic E-state index is 11.3. The summed E-state index contributed by atoms with van der Waals surface area (Å²) in [7, 11) is 0. The molecule has 84 valence electrons. The van der Waals surface area contributed by atoms with E-state index in [-0.39, 0.29) is 0 Å². The largest absolute Gasteiger partial charge is 0.380 e. The molecule has 0 aromatic heterocycles. The van der Waals surface area contributed by atoms with Crippen LogP contribution in [0.3, 0.4) is 0 Å². The van der Waals surface area contributed by atoms with Gasteiger partial charge in [-0.05, 0) is 37.5 Å². The fourth-order valence-corrected chi connectivity index (χ4v) is 3.64. The Balaban J connectivity index is 1.70. The number of ketones is 1. The molecule has 2 nitrogen and oxygen atoms in total. The highest BCUT2D eigenvalue weighted by Crippen LogP contribution is 2.54. The molecule has 0 atom stereocenters. The Morgan fingerprint density at radius 2 is 1.60 bits per heavy atom. The Bertz CT molecular complexity index is 254. The van der Waals surface area contributed by atoms with Crippen LogP contribution in [-0.4, -0.2) is 19.0 Å². The van der Waals surface area contributed by atoms with Gasteiger partial charge in [0.1, 0.15) is 5.78 Å². The van der Waals surface area contributed by atoms with E-state index in [1.165, 1.54) is 19.3 Å². The van der Waals surface area contributed by atoms with E-state index in [0.717, 1.165) is 50.7 Å². The summed E-state index contributed by atoms with van der Waals surface area (Å²) in [5, 5.41) is 0. The Labute approximate surface area is 91.4 Å². The monoisotopic (exact) mass is 208 g/mol. The lowest BCUT2D eigenvalue weighted by Gasteiger charge is -2.56.